The number of hydrogen-bond donors (Lipinski definition) is 0. The molecule has 1 amide bonds. The second kappa shape index (κ2) is 2.53. The predicted molar refractivity (Wildman–Crippen MR) is 34.2 cm³/mol. The number of rotatable bonds is 1. The van der Waals surface area contributed by atoms with Crippen LogP contribution in [-0.4, -0.2) is 18.0 Å². The Morgan fingerprint density at radius 1 is 1.80 bits per heavy atom. The molecule has 0 aliphatic rings. The molecule has 4 nitrogen and oxygen atoms in total. The molecule has 1 heterocycles. The highest BCUT2D eigenvalue weighted by Gasteiger charge is 2.05. The Kier molecular flexibility index (Phi) is 1.73. The van der Waals surface area contributed by atoms with Gasteiger partial charge in [-0.1, -0.05) is 0 Å². The van der Waals surface area contributed by atoms with Crippen LogP contribution in [0.15, 0.2) is 22.8 Å². The van der Waals surface area contributed by atoms with Gasteiger partial charge in [-0.3, -0.25) is 4.79 Å². The average Bonchev–Trinajstić information content (AvgIpc) is 2.36. The van der Waals surface area contributed by atoms with E-state index >= 15 is 0 Å². The first kappa shape index (κ1) is 6.82. The van der Waals surface area contributed by atoms with Crippen LogP contribution in [0.4, 0.5) is 0 Å². The summed E-state index contributed by atoms with van der Waals surface area (Å²) in [4.78, 5) is 10.7. The third kappa shape index (κ3) is 1.16. The van der Waals surface area contributed by atoms with Crippen molar-refractivity contribution in [1.29, 1.82) is 0 Å². The van der Waals surface area contributed by atoms with Crippen molar-refractivity contribution >= 4 is 5.91 Å². The van der Waals surface area contributed by atoms with Gasteiger partial charge in [0.05, 0.1) is 6.26 Å². The first-order chi connectivity index (χ1) is 4.72. The van der Waals surface area contributed by atoms with E-state index in [0.29, 0.717) is 0 Å². The Balaban J connectivity index is 2.78. The van der Waals surface area contributed by atoms with E-state index in [4.69, 9.17) is 0 Å². The van der Waals surface area contributed by atoms with Gasteiger partial charge < -0.3 is 14.7 Å². The second-order valence-corrected chi connectivity index (χ2v) is 1.78. The molecule has 10 heavy (non-hydrogen) atoms. The minimum Gasteiger partial charge on any atom is -0.756 e. The molecule has 0 aliphatic carbocycles. The van der Waals surface area contributed by atoms with Crippen LogP contribution < -0.4 is 0 Å². The molecule has 0 fully saturated rings. The van der Waals surface area contributed by atoms with E-state index in [1.54, 1.807) is 6.07 Å². The van der Waals surface area contributed by atoms with Crippen molar-refractivity contribution in [3.8, 4) is 0 Å². The molecule has 1 rings (SSSR count). The van der Waals surface area contributed by atoms with Gasteiger partial charge >= 0.3 is 0 Å². The molecule has 0 aromatic carbocycles. The van der Waals surface area contributed by atoms with E-state index in [0.717, 1.165) is 7.05 Å². The van der Waals surface area contributed by atoms with E-state index < -0.39 is 5.91 Å². The van der Waals surface area contributed by atoms with Crippen LogP contribution in [0, 0.1) is 5.21 Å². The molecule has 0 unspecified atom stereocenters. The van der Waals surface area contributed by atoms with E-state index in [-0.39, 0.29) is 10.8 Å². The van der Waals surface area contributed by atoms with Crippen molar-refractivity contribution in [2.24, 2.45) is 0 Å². The summed E-state index contributed by atoms with van der Waals surface area (Å²) in [5.41, 5.74) is 0. The van der Waals surface area contributed by atoms with Crippen LogP contribution in [0.3, 0.4) is 0 Å². The highest BCUT2D eigenvalue weighted by Crippen LogP contribution is 2.02. The van der Waals surface area contributed by atoms with Crippen LogP contribution in [0.5, 0.6) is 0 Å². The molecular weight excluding hydrogens is 134 g/mol. The lowest BCUT2D eigenvalue weighted by atomic mass is 10.4. The fourth-order valence-corrected chi connectivity index (χ4v) is 0.555. The summed E-state index contributed by atoms with van der Waals surface area (Å²) < 4.78 is 4.67. The lowest BCUT2D eigenvalue weighted by Crippen LogP contribution is -2.18. The summed E-state index contributed by atoms with van der Waals surface area (Å²) in [6.45, 7) is 0. The van der Waals surface area contributed by atoms with Crippen molar-refractivity contribution < 1.29 is 9.21 Å². The number of hydroxylamine groups is 2. The molecule has 1 aromatic heterocycles. The van der Waals surface area contributed by atoms with Crippen LogP contribution in [0.2, 0.25) is 0 Å². The summed E-state index contributed by atoms with van der Waals surface area (Å²) in [5.74, 6) is -0.595. The molecule has 0 aliphatic heterocycles. The van der Waals surface area contributed by atoms with Gasteiger partial charge in [0.2, 0.25) is 0 Å². The summed E-state index contributed by atoms with van der Waals surface area (Å²) in [6, 6.07) is 2.99. The number of nitrogens with zero attached hydrogens (tertiary/aromatic N) is 1. The maximum atomic E-state index is 10.7. The molecule has 0 bridgehead atoms. The van der Waals surface area contributed by atoms with Gasteiger partial charge in [0.15, 0.2) is 5.76 Å². The molecule has 0 radical (unpaired) electrons. The van der Waals surface area contributed by atoms with Crippen molar-refractivity contribution in [3.05, 3.63) is 29.4 Å². The Morgan fingerprint density at radius 2 is 2.50 bits per heavy atom. The van der Waals surface area contributed by atoms with E-state index in [2.05, 4.69) is 4.42 Å². The van der Waals surface area contributed by atoms with Gasteiger partial charge in [0, 0.05) is 0 Å². The average molecular weight is 140 g/mol. The fraction of sp³-hybridized carbons (Fsp3) is 0.167. The zero-order valence-corrected chi connectivity index (χ0v) is 5.40. The minimum atomic E-state index is -0.662. The van der Waals surface area contributed by atoms with Crippen molar-refractivity contribution in [2.75, 3.05) is 7.05 Å². The Hall–Kier alpha value is -1.29. The quantitative estimate of drug-likeness (QED) is 0.543. The summed E-state index contributed by atoms with van der Waals surface area (Å²) >= 11 is 0. The number of furan rings is 1. The fourth-order valence-electron chi connectivity index (χ4n) is 0.555. The summed E-state index contributed by atoms with van der Waals surface area (Å²) in [5, 5.41) is 10.6. The summed E-state index contributed by atoms with van der Waals surface area (Å²) in [7, 11) is 1.13. The topological polar surface area (TPSA) is 56.5 Å². The first-order valence-electron chi connectivity index (χ1n) is 2.70. The highest BCUT2D eigenvalue weighted by molar-refractivity contribution is 5.91. The molecule has 54 valence electrons. The van der Waals surface area contributed by atoms with E-state index in [1.165, 1.54) is 12.3 Å². The second-order valence-electron chi connectivity index (χ2n) is 1.78. The van der Waals surface area contributed by atoms with Gasteiger partial charge in [-0.05, 0) is 19.2 Å². The normalized spacial score (nSPS) is 9.40. The lowest BCUT2D eigenvalue weighted by molar-refractivity contribution is 0.0820. The van der Waals surface area contributed by atoms with Crippen LogP contribution in [0.25, 0.3) is 0 Å². The SMILES string of the molecule is CN([O-])C(=O)c1ccco1. The smallest absolute Gasteiger partial charge is 0.278 e. The van der Waals surface area contributed by atoms with Gasteiger partial charge in [-0.25, -0.2) is 0 Å². The standard InChI is InChI=1S/C6H6NO3/c1-7(9)6(8)5-3-2-4-10-5/h2-4H,1H3/q-1. The van der Waals surface area contributed by atoms with Crippen molar-refractivity contribution in [2.45, 2.75) is 0 Å². The Bertz CT molecular complexity index is 215. The van der Waals surface area contributed by atoms with Gasteiger partial charge in [0.1, 0.15) is 0 Å². The van der Waals surface area contributed by atoms with Crippen LogP contribution in [-0.2, 0) is 0 Å². The highest BCUT2D eigenvalue weighted by atomic mass is 16.5. The zero-order valence-electron chi connectivity index (χ0n) is 5.40. The number of hydrogen-bond acceptors (Lipinski definition) is 3. The molecule has 0 N–H and O–H groups in total. The number of amides is 1. The number of carbonyl (C=O) groups is 1. The Labute approximate surface area is 57.6 Å². The summed E-state index contributed by atoms with van der Waals surface area (Å²) in [6.07, 6.45) is 1.34. The van der Waals surface area contributed by atoms with Gasteiger partial charge in [-0.2, -0.15) is 0 Å². The molecule has 0 saturated heterocycles. The van der Waals surface area contributed by atoms with Crippen LogP contribution in [0.1, 0.15) is 10.6 Å². The maximum absolute atomic E-state index is 10.7. The lowest BCUT2D eigenvalue weighted by Gasteiger charge is -2.19. The third-order valence-electron chi connectivity index (χ3n) is 1.02. The number of carbonyl (C=O) groups excluding carboxylic acids is 1. The van der Waals surface area contributed by atoms with E-state index in [9.17, 15) is 10.0 Å². The third-order valence-corrected chi connectivity index (χ3v) is 1.02. The maximum Gasteiger partial charge on any atom is 0.278 e. The van der Waals surface area contributed by atoms with Crippen molar-refractivity contribution in [3.63, 3.8) is 0 Å². The first-order valence-corrected chi connectivity index (χ1v) is 2.70. The monoisotopic (exact) mass is 140 g/mol. The van der Waals surface area contributed by atoms with E-state index in [1.807, 2.05) is 0 Å². The molecule has 1 aromatic rings. The molecular formula is C6H6NO3-. The largest absolute Gasteiger partial charge is 0.756 e. The predicted octanol–water partition coefficient (Wildman–Crippen LogP) is 0.849. The van der Waals surface area contributed by atoms with Gasteiger partial charge in [0.25, 0.3) is 5.91 Å². The van der Waals surface area contributed by atoms with Crippen LogP contribution >= 0.6 is 0 Å². The molecule has 0 spiro atoms. The Morgan fingerprint density at radius 3 is 2.90 bits per heavy atom. The van der Waals surface area contributed by atoms with Gasteiger partial charge in [-0.15, -0.1) is 0 Å². The van der Waals surface area contributed by atoms with Crippen molar-refractivity contribution in [1.82, 2.24) is 5.06 Å². The molecule has 0 atom stereocenters. The zero-order chi connectivity index (χ0) is 7.56. The minimum absolute atomic E-state index is 0.0671. The molecule has 0 saturated carbocycles. The molecule has 4 heteroatoms.